The number of fused-ring (bicyclic) bond motifs is 1. The molecule has 3 rings (SSSR count). The molecule has 0 heterocycles. The molecule has 126 valence electrons. The number of carboxylic acids is 1. The number of rotatable bonds is 5. The number of aldehydes is 1. The van der Waals surface area contributed by atoms with Crippen LogP contribution in [0.15, 0.2) is 23.8 Å². The summed E-state index contributed by atoms with van der Waals surface area (Å²) < 4.78 is 0. The molecule has 0 amide bonds. The number of carbonyl (C=O) groups is 2. The molecule has 0 aromatic carbocycles. The maximum atomic E-state index is 11.4. The molecule has 0 aromatic rings. The van der Waals surface area contributed by atoms with E-state index >= 15 is 0 Å². The second-order valence-corrected chi connectivity index (χ2v) is 8.36. The van der Waals surface area contributed by atoms with E-state index in [9.17, 15) is 14.7 Å². The number of allylic oxidation sites excluding steroid dienone is 3. The Morgan fingerprint density at radius 3 is 2.78 bits per heavy atom. The number of aliphatic carboxylic acids is 1. The number of carboxylic acid groups (broad SMARTS) is 1. The third-order valence-electron chi connectivity index (χ3n) is 7.15. The summed E-state index contributed by atoms with van der Waals surface area (Å²) in [6.45, 7) is 8.59. The highest BCUT2D eigenvalue weighted by Crippen LogP contribution is 2.67. The van der Waals surface area contributed by atoms with Crippen LogP contribution in [0.2, 0.25) is 0 Å². The summed E-state index contributed by atoms with van der Waals surface area (Å²) in [6.07, 6.45) is 9.72. The molecule has 3 aliphatic carbocycles. The molecule has 5 atom stereocenters. The largest absolute Gasteiger partial charge is 0.481 e. The molecule has 5 unspecified atom stereocenters. The van der Waals surface area contributed by atoms with Crippen LogP contribution in [0, 0.1) is 28.6 Å². The van der Waals surface area contributed by atoms with Crippen molar-refractivity contribution in [1.29, 1.82) is 0 Å². The molecule has 2 saturated carbocycles. The van der Waals surface area contributed by atoms with Gasteiger partial charge in [0, 0.05) is 6.42 Å². The molecule has 1 N–H and O–H groups in total. The SMILES string of the molecule is C=C(C)C1CCC23C=C(C=O)C(CCC2C1(C)CCC(=O)O)C3. The van der Waals surface area contributed by atoms with E-state index in [1.54, 1.807) is 0 Å². The Labute approximate surface area is 138 Å². The van der Waals surface area contributed by atoms with Gasteiger partial charge in [0.2, 0.25) is 0 Å². The predicted octanol–water partition coefficient (Wildman–Crippen LogP) is 4.39. The zero-order valence-electron chi connectivity index (χ0n) is 14.3. The Morgan fingerprint density at radius 2 is 2.17 bits per heavy atom. The quantitative estimate of drug-likeness (QED) is 0.604. The predicted molar refractivity (Wildman–Crippen MR) is 89.9 cm³/mol. The minimum absolute atomic E-state index is 0.0255. The zero-order chi connectivity index (χ0) is 16.8. The van der Waals surface area contributed by atoms with Gasteiger partial charge in [-0.2, -0.15) is 0 Å². The molecule has 0 radical (unpaired) electrons. The maximum absolute atomic E-state index is 11.4. The van der Waals surface area contributed by atoms with Crippen LogP contribution in [-0.2, 0) is 9.59 Å². The third-order valence-corrected chi connectivity index (χ3v) is 7.15. The fourth-order valence-corrected chi connectivity index (χ4v) is 6.24. The van der Waals surface area contributed by atoms with Crippen LogP contribution in [0.5, 0.6) is 0 Å². The zero-order valence-corrected chi connectivity index (χ0v) is 14.3. The molecule has 23 heavy (non-hydrogen) atoms. The first kappa shape index (κ1) is 16.5. The van der Waals surface area contributed by atoms with E-state index in [-0.39, 0.29) is 17.3 Å². The smallest absolute Gasteiger partial charge is 0.303 e. The van der Waals surface area contributed by atoms with Crippen molar-refractivity contribution in [1.82, 2.24) is 0 Å². The van der Waals surface area contributed by atoms with Crippen LogP contribution >= 0.6 is 0 Å². The fraction of sp³-hybridized carbons (Fsp3) is 0.700. The summed E-state index contributed by atoms with van der Waals surface area (Å²) in [5, 5.41) is 9.21. The average Bonchev–Trinajstić information content (AvgIpc) is 2.76. The van der Waals surface area contributed by atoms with E-state index in [1.165, 1.54) is 5.57 Å². The van der Waals surface area contributed by atoms with Crippen molar-refractivity contribution < 1.29 is 14.7 Å². The van der Waals surface area contributed by atoms with E-state index in [0.29, 0.717) is 24.2 Å². The summed E-state index contributed by atoms with van der Waals surface area (Å²) in [6, 6.07) is 0. The minimum atomic E-state index is -0.712. The van der Waals surface area contributed by atoms with Gasteiger partial charge < -0.3 is 5.11 Å². The highest BCUT2D eigenvalue weighted by Gasteiger charge is 2.58. The van der Waals surface area contributed by atoms with Crippen molar-refractivity contribution in [2.24, 2.45) is 28.6 Å². The Balaban J connectivity index is 1.98. The Morgan fingerprint density at radius 1 is 1.43 bits per heavy atom. The standard InChI is InChI=1S/C20H28O3/c1-13(2)16-6-9-20-10-14(15(11-20)12-21)4-5-17(20)19(16,3)8-7-18(22)23/h11-12,14,16-17H,1,4-10H2,2-3H3,(H,22,23). The topological polar surface area (TPSA) is 54.4 Å². The van der Waals surface area contributed by atoms with Crippen molar-refractivity contribution in [3.05, 3.63) is 23.8 Å². The van der Waals surface area contributed by atoms with Crippen molar-refractivity contribution in [2.45, 2.75) is 58.8 Å². The first-order chi connectivity index (χ1) is 10.8. The Kier molecular flexibility index (Phi) is 4.02. The van der Waals surface area contributed by atoms with Gasteiger partial charge in [-0.1, -0.05) is 25.2 Å². The summed E-state index contributed by atoms with van der Waals surface area (Å²) in [4.78, 5) is 22.6. The maximum Gasteiger partial charge on any atom is 0.303 e. The van der Waals surface area contributed by atoms with Gasteiger partial charge in [-0.15, -0.1) is 0 Å². The molecule has 0 saturated heterocycles. The van der Waals surface area contributed by atoms with Gasteiger partial charge in [0.1, 0.15) is 6.29 Å². The Hall–Kier alpha value is -1.38. The van der Waals surface area contributed by atoms with E-state index in [0.717, 1.165) is 44.0 Å². The van der Waals surface area contributed by atoms with Crippen molar-refractivity contribution >= 4 is 12.3 Å². The second kappa shape index (κ2) is 5.61. The third kappa shape index (κ3) is 2.49. The van der Waals surface area contributed by atoms with Crippen LogP contribution < -0.4 is 0 Å². The number of carbonyl (C=O) groups excluding carboxylic acids is 1. The molecule has 0 aliphatic heterocycles. The lowest BCUT2D eigenvalue weighted by atomic mass is 9.46. The number of hydrogen-bond acceptors (Lipinski definition) is 2. The van der Waals surface area contributed by atoms with Crippen LogP contribution in [0.3, 0.4) is 0 Å². The first-order valence-electron chi connectivity index (χ1n) is 8.87. The van der Waals surface area contributed by atoms with Gasteiger partial charge in [-0.05, 0) is 79.6 Å². The molecule has 2 bridgehead atoms. The Bertz CT molecular complexity index is 575. The highest BCUT2D eigenvalue weighted by atomic mass is 16.4. The molecule has 3 aliphatic rings. The van der Waals surface area contributed by atoms with E-state index < -0.39 is 5.97 Å². The monoisotopic (exact) mass is 316 g/mol. The molecular weight excluding hydrogens is 288 g/mol. The van der Waals surface area contributed by atoms with Crippen molar-refractivity contribution in [2.75, 3.05) is 0 Å². The summed E-state index contributed by atoms with van der Waals surface area (Å²) in [5.41, 5.74) is 2.29. The number of hydrogen-bond donors (Lipinski definition) is 1. The average molecular weight is 316 g/mol. The van der Waals surface area contributed by atoms with Crippen LogP contribution in [0.1, 0.15) is 58.8 Å². The van der Waals surface area contributed by atoms with Gasteiger partial charge in [-0.25, -0.2) is 0 Å². The first-order valence-corrected chi connectivity index (χ1v) is 8.87. The lowest BCUT2D eigenvalue weighted by molar-refractivity contribution is -0.139. The second-order valence-electron chi connectivity index (χ2n) is 8.36. The van der Waals surface area contributed by atoms with Gasteiger partial charge >= 0.3 is 5.97 Å². The van der Waals surface area contributed by atoms with E-state index in [4.69, 9.17) is 0 Å². The van der Waals surface area contributed by atoms with Gasteiger partial charge in [-0.3, -0.25) is 9.59 Å². The fourth-order valence-electron chi connectivity index (χ4n) is 6.24. The molecule has 2 fully saturated rings. The summed E-state index contributed by atoms with van der Waals surface area (Å²) >= 11 is 0. The van der Waals surface area contributed by atoms with Crippen LogP contribution in [0.25, 0.3) is 0 Å². The van der Waals surface area contributed by atoms with Crippen LogP contribution in [0.4, 0.5) is 0 Å². The van der Waals surface area contributed by atoms with E-state index in [1.807, 2.05) is 0 Å². The van der Waals surface area contributed by atoms with Gasteiger partial charge in [0.25, 0.3) is 0 Å². The minimum Gasteiger partial charge on any atom is -0.481 e. The molecule has 3 heteroatoms. The molecule has 1 spiro atoms. The van der Waals surface area contributed by atoms with Crippen molar-refractivity contribution in [3.8, 4) is 0 Å². The lowest BCUT2D eigenvalue weighted by Crippen LogP contribution is -2.50. The summed E-state index contributed by atoms with van der Waals surface area (Å²) in [7, 11) is 0. The lowest BCUT2D eigenvalue weighted by Gasteiger charge is -2.58. The normalized spacial score (nSPS) is 41.8. The molecule has 3 nitrogen and oxygen atoms in total. The van der Waals surface area contributed by atoms with E-state index in [2.05, 4.69) is 26.5 Å². The van der Waals surface area contributed by atoms with Gasteiger partial charge in [0.15, 0.2) is 0 Å². The highest BCUT2D eigenvalue weighted by molar-refractivity contribution is 5.75. The van der Waals surface area contributed by atoms with Gasteiger partial charge in [0.05, 0.1) is 0 Å². The van der Waals surface area contributed by atoms with Crippen molar-refractivity contribution in [3.63, 3.8) is 0 Å². The molecular formula is C20H28O3. The summed E-state index contributed by atoms with van der Waals surface area (Å²) in [5.74, 6) is 0.589. The molecule has 0 aromatic heterocycles. The van der Waals surface area contributed by atoms with Crippen LogP contribution in [-0.4, -0.2) is 17.4 Å².